The number of carbonyl (C=O) groups is 1. The van der Waals surface area contributed by atoms with Gasteiger partial charge in [-0.15, -0.1) is 0 Å². The van der Waals surface area contributed by atoms with Gasteiger partial charge in [-0.2, -0.15) is 5.06 Å². The Balaban J connectivity index is 3.81. The zero-order valence-electron chi connectivity index (χ0n) is 9.25. The summed E-state index contributed by atoms with van der Waals surface area (Å²) in [6.07, 6.45) is 0.850. The summed E-state index contributed by atoms with van der Waals surface area (Å²) in [5.41, 5.74) is 0. The fourth-order valence-electron chi connectivity index (χ4n) is 0.692. The Morgan fingerprint density at radius 2 is 2.20 bits per heavy atom. The first-order valence-corrected chi connectivity index (χ1v) is 6.94. The van der Waals surface area contributed by atoms with Crippen LogP contribution in [0.3, 0.4) is 0 Å². The highest BCUT2D eigenvalue weighted by Crippen LogP contribution is 2.34. The van der Waals surface area contributed by atoms with Crippen molar-refractivity contribution in [2.75, 3.05) is 19.7 Å². The van der Waals surface area contributed by atoms with Crippen molar-refractivity contribution >= 4 is 13.8 Å². The van der Waals surface area contributed by atoms with Crippen LogP contribution in [0.5, 0.6) is 0 Å². The van der Waals surface area contributed by atoms with Gasteiger partial charge < -0.3 is 9.63 Å². The molecule has 0 aromatic rings. The van der Waals surface area contributed by atoms with E-state index < -0.39 is 7.37 Å². The van der Waals surface area contributed by atoms with E-state index in [1.165, 1.54) is 6.66 Å². The molecule has 0 aromatic heterocycles. The van der Waals surface area contributed by atoms with Gasteiger partial charge in [-0.1, -0.05) is 6.92 Å². The van der Waals surface area contributed by atoms with Gasteiger partial charge in [0.1, 0.15) is 13.1 Å². The molecule has 1 N–H and O–H groups in total. The number of amides is 1. The largest absolute Gasteiger partial charge is 0.349 e. The Morgan fingerprint density at radius 3 is 2.60 bits per heavy atom. The smallest absolute Gasteiger partial charge is 0.235 e. The third-order valence-corrected chi connectivity index (χ3v) is 2.22. The molecular weight excluding hydrogens is 221 g/mol. The summed E-state index contributed by atoms with van der Waals surface area (Å²) in [5, 5.41) is 0.962. The zero-order valence-corrected chi connectivity index (χ0v) is 10.1. The van der Waals surface area contributed by atoms with E-state index in [2.05, 4.69) is 0 Å². The van der Waals surface area contributed by atoms with Gasteiger partial charge >= 0.3 is 0 Å². The first-order chi connectivity index (χ1) is 6.89. The minimum Gasteiger partial charge on any atom is -0.349 e. The topological polar surface area (TPSA) is 76.1 Å². The lowest BCUT2D eigenvalue weighted by molar-refractivity contribution is -0.217. The maximum absolute atomic E-state index is 10.8. The van der Waals surface area contributed by atoms with Crippen LogP contribution < -0.4 is 0 Å². The Bertz CT molecular complexity index is 229. The normalized spacial score (nSPS) is 16.8. The molecule has 7 heteroatoms. The van der Waals surface area contributed by atoms with Gasteiger partial charge in [0.05, 0.1) is 6.10 Å². The van der Waals surface area contributed by atoms with Crippen molar-refractivity contribution in [3.8, 4) is 0 Å². The van der Waals surface area contributed by atoms with E-state index in [-0.39, 0.29) is 19.2 Å². The molecule has 2 atom stereocenters. The number of rotatable bonds is 8. The van der Waals surface area contributed by atoms with Crippen LogP contribution in [0.4, 0.5) is 0 Å². The molecule has 0 fully saturated rings. The number of ether oxygens (including phenoxy) is 1. The molecule has 0 aliphatic heterocycles. The van der Waals surface area contributed by atoms with Gasteiger partial charge in [-0.25, -0.2) is 0 Å². The third-order valence-electron chi connectivity index (χ3n) is 1.56. The first-order valence-electron chi connectivity index (χ1n) is 4.64. The predicted octanol–water partition coefficient (Wildman–Crippen LogP) is 1.01. The summed E-state index contributed by atoms with van der Waals surface area (Å²) < 4.78 is 15.7. The molecule has 0 aromatic carbocycles. The molecule has 0 heterocycles. The van der Waals surface area contributed by atoms with Crippen molar-refractivity contribution in [2.24, 2.45) is 0 Å². The molecule has 0 aliphatic rings. The molecular formula is C8H18NO5P. The molecule has 0 spiro atoms. The maximum Gasteiger partial charge on any atom is 0.235 e. The molecule has 90 valence electrons. The first kappa shape index (κ1) is 14.6. The zero-order chi connectivity index (χ0) is 11.9. The predicted molar refractivity (Wildman–Crippen MR) is 55.3 cm³/mol. The highest BCUT2D eigenvalue weighted by atomic mass is 31.2. The van der Waals surface area contributed by atoms with Crippen molar-refractivity contribution in [1.29, 1.82) is 0 Å². The summed E-state index contributed by atoms with van der Waals surface area (Å²) in [6.45, 7) is 4.77. The Morgan fingerprint density at radius 1 is 1.60 bits per heavy atom. The van der Waals surface area contributed by atoms with Crippen LogP contribution in [0.15, 0.2) is 0 Å². The second-order valence-electron chi connectivity index (χ2n) is 3.36. The standard InChI is InChI=1S/C8H18NO5P/c1-4-8(2)14-9(5-10)6-13-7-15(3,11)12/h5,8H,4,6-7H2,1-3H3,(H,11,12). The Labute approximate surface area is 89.6 Å². The second-order valence-corrected chi connectivity index (χ2v) is 5.72. The number of nitrogens with zero attached hydrogens (tertiary/aromatic N) is 1. The Hall–Kier alpha value is -0.420. The molecule has 0 saturated heterocycles. The molecule has 15 heavy (non-hydrogen) atoms. The minimum absolute atomic E-state index is 0.0960. The highest BCUT2D eigenvalue weighted by molar-refractivity contribution is 7.56. The molecule has 0 aliphatic carbocycles. The van der Waals surface area contributed by atoms with Crippen LogP contribution in [-0.4, -0.2) is 42.2 Å². The van der Waals surface area contributed by atoms with Gasteiger partial charge in [0.2, 0.25) is 13.8 Å². The van der Waals surface area contributed by atoms with Gasteiger partial charge in [-0.3, -0.25) is 14.2 Å². The quantitative estimate of drug-likeness (QED) is 0.296. The number of hydrogen-bond acceptors (Lipinski definition) is 4. The van der Waals surface area contributed by atoms with Crippen LogP contribution in [-0.2, 0) is 18.9 Å². The Kier molecular flexibility index (Phi) is 6.76. The number of carbonyl (C=O) groups excluding carboxylic acids is 1. The van der Waals surface area contributed by atoms with Crippen molar-refractivity contribution in [2.45, 2.75) is 26.4 Å². The van der Waals surface area contributed by atoms with Gasteiger partial charge in [0.15, 0.2) is 0 Å². The summed E-state index contributed by atoms with van der Waals surface area (Å²) >= 11 is 0. The molecule has 0 saturated carbocycles. The van der Waals surface area contributed by atoms with E-state index in [0.717, 1.165) is 11.5 Å². The molecule has 2 unspecified atom stereocenters. The molecule has 1 amide bonds. The number of hydroxylamine groups is 2. The number of hydrogen-bond donors (Lipinski definition) is 1. The molecule has 0 radical (unpaired) electrons. The second kappa shape index (κ2) is 6.95. The van der Waals surface area contributed by atoms with E-state index in [9.17, 15) is 9.36 Å². The van der Waals surface area contributed by atoms with Crippen molar-refractivity contribution in [1.82, 2.24) is 5.06 Å². The lowest BCUT2D eigenvalue weighted by atomic mass is 10.3. The fourth-order valence-corrected chi connectivity index (χ4v) is 1.11. The van der Waals surface area contributed by atoms with Gasteiger partial charge in [0, 0.05) is 6.66 Å². The molecule has 0 rings (SSSR count). The van der Waals surface area contributed by atoms with Crippen LogP contribution in [0.2, 0.25) is 0 Å². The summed E-state index contributed by atoms with van der Waals surface area (Å²) in [4.78, 5) is 24.5. The summed E-state index contributed by atoms with van der Waals surface area (Å²) in [6, 6.07) is 0. The van der Waals surface area contributed by atoms with E-state index in [1.54, 1.807) is 0 Å². The molecule has 6 nitrogen and oxygen atoms in total. The van der Waals surface area contributed by atoms with Gasteiger partial charge in [0.25, 0.3) is 0 Å². The summed E-state index contributed by atoms with van der Waals surface area (Å²) in [7, 11) is -3.19. The van der Waals surface area contributed by atoms with Crippen molar-refractivity contribution in [3.05, 3.63) is 0 Å². The van der Waals surface area contributed by atoms with Crippen LogP contribution >= 0.6 is 7.37 Å². The van der Waals surface area contributed by atoms with Crippen LogP contribution in [0, 0.1) is 0 Å². The lowest BCUT2D eigenvalue weighted by Crippen LogP contribution is -2.29. The van der Waals surface area contributed by atoms with E-state index in [0.29, 0.717) is 6.41 Å². The van der Waals surface area contributed by atoms with Crippen molar-refractivity contribution < 1.29 is 23.8 Å². The van der Waals surface area contributed by atoms with Gasteiger partial charge in [-0.05, 0) is 13.3 Å². The molecule has 0 bridgehead atoms. The minimum atomic E-state index is -3.19. The lowest BCUT2D eigenvalue weighted by Gasteiger charge is -2.20. The average Bonchev–Trinajstić information content (AvgIpc) is 2.14. The van der Waals surface area contributed by atoms with Crippen molar-refractivity contribution in [3.63, 3.8) is 0 Å². The fraction of sp³-hybridized carbons (Fsp3) is 0.875. The maximum atomic E-state index is 10.8. The highest BCUT2D eigenvalue weighted by Gasteiger charge is 2.12. The average molecular weight is 239 g/mol. The van der Waals surface area contributed by atoms with E-state index in [4.69, 9.17) is 14.5 Å². The SMILES string of the molecule is CCC(C)ON(C=O)COCP(C)(=O)O. The van der Waals surface area contributed by atoms with Crippen LogP contribution in [0.1, 0.15) is 20.3 Å². The van der Waals surface area contributed by atoms with Crippen LogP contribution in [0.25, 0.3) is 0 Å². The van der Waals surface area contributed by atoms with E-state index >= 15 is 0 Å². The third kappa shape index (κ3) is 8.57. The monoisotopic (exact) mass is 239 g/mol. The van der Waals surface area contributed by atoms with E-state index in [1.807, 2.05) is 13.8 Å². The summed E-state index contributed by atoms with van der Waals surface area (Å²) in [5.74, 6) is 0.